The van der Waals surface area contributed by atoms with Crippen molar-refractivity contribution in [3.05, 3.63) is 46.9 Å². The Morgan fingerprint density at radius 1 is 1.20 bits per heavy atom. The number of carbonyl (C=O) groups excluding carboxylic acids is 1. The molecule has 0 aromatic heterocycles. The summed E-state index contributed by atoms with van der Waals surface area (Å²) in [6.45, 7) is 0.307. The summed E-state index contributed by atoms with van der Waals surface area (Å²) in [7, 11) is 1.64. The van der Waals surface area contributed by atoms with Crippen molar-refractivity contribution in [1.29, 1.82) is 0 Å². The number of ether oxygens (including phenoxy) is 1. The molecule has 0 bridgehead atoms. The molecule has 0 spiro atoms. The molecule has 4 nitrogen and oxygen atoms in total. The van der Waals surface area contributed by atoms with Crippen molar-refractivity contribution in [3.8, 4) is 5.75 Å². The van der Waals surface area contributed by atoms with Gasteiger partial charge in [0.05, 0.1) is 18.5 Å². The van der Waals surface area contributed by atoms with E-state index in [1.165, 1.54) is 0 Å². The van der Waals surface area contributed by atoms with Crippen LogP contribution in [0.1, 0.15) is 0 Å². The Morgan fingerprint density at radius 2 is 1.95 bits per heavy atom. The summed E-state index contributed by atoms with van der Waals surface area (Å²) in [5.74, 6) is 0.776. The molecule has 0 aliphatic carbocycles. The first-order chi connectivity index (χ1) is 9.67. The molecular weight excluding hydrogens is 320 g/mol. The van der Waals surface area contributed by atoms with Crippen molar-refractivity contribution in [3.63, 3.8) is 0 Å². The van der Waals surface area contributed by atoms with E-state index in [4.69, 9.17) is 4.74 Å². The summed E-state index contributed by atoms with van der Waals surface area (Å²) in [6.07, 6.45) is 0. The van der Waals surface area contributed by atoms with Gasteiger partial charge in [0, 0.05) is 10.2 Å². The number of methoxy groups -OCH3 is 1. The van der Waals surface area contributed by atoms with Gasteiger partial charge in [-0.1, -0.05) is 15.9 Å². The van der Waals surface area contributed by atoms with Crippen LogP contribution in [0.15, 0.2) is 46.9 Å². The van der Waals surface area contributed by atoms with E-state index in [9.17, 15) is 4.79 Å². The van der Waals surface area contributed by atoms with Crippen molar-refractivity contribution >= 4 is 38.9 Å². The van der Waals surface area contributed by atoms with Crippen LogP contribution in [0.25, 0.3) is 0 Å². The molecule has 0 atom stereocenters. The fraction of sp³-hybridized carbons (Fsp3) is 0.133. The molecule has 0 radical (unpaired) electrons. The Balaban J connectivity index is 2.03. The molecule has 3 rings (SSSR count). The number of carbonyl (C=O) groups is 1. The summed E-state index contributed by atoms with van der Waals surface area (Å²) < 4.78 is 6.10. The molecule has 1 amide bonds. The normalized spacial score (nSPS) is 13.7. The van der Waals surface area contributed by atoms with Crippen LogP contribution in [0.2, 0.25) is 0 Å². The average Bonchev–Trinajstić information content (AvgIpc) is 2.46. The van der Waals surface area contributed by atoms with Crippen LogP contribution >= 0.6 is 15.9 Å². The van der Waals surface area contributed by atoms with Gasteiger partial charge in [-0.05, 0) is 42.5 Å². The highest BCUT2D eigenvalue weighted by atomic mass is 79.9. The van der Waals surface area contributed by atoms with Gasteiger partial charge < -0.3 is 15.0 Å². The van der Waals surface area contributed by atoms with Gasteiger partial charge in [0.15, 0.2) is 0 Å². The largest absolute Gasteiger partial charge is 0.497 e. The number of nitrogens with zero attached hydrogens (tertiary/aromatic N) is 1. The predicted molar refractivity (Wildman–Crippen MR) is 82.8 cm³/mol. The van der Waals surface area contributed by atoms with Crippen molar-refractivity contribution in [2.75, 3.05) is 23.9 Å². The maximum atomic E-state index is 11.9. The zero-order valence-corrected chi connectivity index (χ0v) is 12.5. The Hall–Kier alpha value is -2.01. The van der Waals surface area contributed by atoms with Crippen LogP contribution in [0, 0.1) is 0 Å². The third kappa shape index (κ3) is 2.36. The molecule has 0 unspecified atom stereocenters. The minimum Gasteiger partial charge on any atom is -0.497 e. The predicted octanol–water partition coefficient (Wildman–Crippen LogP) is 3.55. The van der Waals surface area contributed by atoms with E-state index in [-0.39, 0.29) is 5.91 Å². The van der Waals surface area contributed by atoms with E-state index in [1.807, 2.05) is 47.4 Å². The summed E-state index contributed by atoms with van der Waals surface area (Å²) in [5.41, 5.74) is 2.76. The van der Waals surface area contributed by atoms with Crippen LogP contribution in [0.3, 0.4) is 0 Å². The molecule has 102 valence electrons. The third-order valence-electron chi connectivity index (χ3n) is 3.21. The minimum absolute atomic E-state index is 0.0218. The smallest absolute Gasteiger partial charge is 0.244 e. The molecule has 1 N–H and O–H groups in total. The molecule has 2 aromatic rings. The Morgan fingerprint density at radius 3 is 2.65 bits per heavy atom. The lowest BCUT2D eigenvalue weighted by Gasteiger charge is -2.31. The first-order valence-corrected chi connectivity index (χ1v) is 6.97. The molecular formula is C15H13BrN2O2. The number of hydrogen-bond acceptors (Lipinski definition) is 3. The second-order valence-corrected chi connectivity index (χ2v) is 5.41. The van der Waals surface area contributed by atoms with Crippen LogP contribution < -0.4 is 15.0 Å². The summed E-state index contributed by atoms with van der Waals surface area (Å²) in [6, 6.07) is 13.5. The second kappa shape index (κ2) is 5.17. The average molecular weight is 333 g/mol. The number of rotatable bonds is 2. The number of amides is 1. The van der Waals surface area contributed by atoms with E-state index in [0.29, 0.717) is 6.54 Å². The Labute approximate surface area is 125 Å². The highest BCUT2D eigenvalue weighted by Crippen LogP contribution is 2.37. The van der Waals surface area contributed by atoms with Crippen LogP contribution in [0.4, 0.5) is 17.1 Å². The quantitative estimate of drug-likeness (QED) is 0.914. The molecule has 1 heterocycles. The standard InChI is InChI=1S/C15H13BrN2O2/c1-20-12-5-3-11(4-6-12)18-9-15(19)17-13-8-10(16)2-7-14(13)18/h2-8H,9H2,1H3,(H,17,19). The molecule has 1 aliphatic heterocycles. The molecule has 20 heavy (non-hydrogen) atoms. The van der Waals surface area contributed by atoms with E-state index < -0.39 is 0 Å². The lowest BCUT2D eigenvalue weighted by molar-refractivity contribution is -0.115. The second-order valence-electron chi connectivity index (χ2n) is 4.49. The van der Waals surface area contributed by atoms with Crippen molar-refractivity contribution in [2.24, 2.45) is 0 Å². The SMILES string of the molecule is COc1ccc(N2CC(=O)Nc3cc(Br)ccc32)cc1. The van der Waals surface area contributed by atoms with Gasteiger partial charge in [0.2, 0.25) is 5.91 Å². The molecule has 0 saturated heterocycles. The number of halogens is 1. The Kier molecular flexibility index (Phi) is 3.36. The molecule has 5 heteroatoms. The molecule has 0 saturated carbocycles. The number of nitrogens with one attached hydrogen (secondary N) is 1. The number of fused-ring (bicyclic) bond motifs is 1. The Bertz CT molecular complexity index is 655. The van der Waals surface area contributed by atoms with Crippen molar-refractivity contribution < 1.29 is 9.53 Å². The summed E-state index contributed by atoms with van der Waals surface area (Å²) >= 11 is 3.42. The maximum Gasteiger partial charge on any atom is 0.244 e. The van der Waals surface area contributed by atoms with Gasteiger partial charge in [-0.25, -0.2) is 0 Å². The third-order valence-corrected chi connectivity index (χ3v) is 3.70. The summed E-state index contributed by atoms with van der Waals surface area (Å²) in [4.78, 5) is 13.8. The highest BCUT2D eigenvalue weighted by Gasteiger charge is 2.23. The number of benzene rings is 2. The lowest BCUT2D eigenvalue weighted by Crippen LogP contribution is -2.34. The summed E-state index contributed by atoms with van der Waals surface area (Å²) in [5, 5.41) is 2.89. The number of hydrogen-bond donors (Lipinski definition) is 1. The van der Waals surface area contributed by atoms with Gasteiger partial charge in [0.1, 0.15) is 12.3 Å². The van der Waals surface area contributed by atoms with Gasteiger partial charge in [-0.3, -0.25) is 4.79 Å². The van der Waals surface area contributed by atoms with Crippen LogP contribution in [-0.2, 0) is 4.79 Å². The number of anilines is 3. The van der Waals surface area contributed by atoms with E-state index in [2.05, 4.69) is 21.2 Å². The fourth-order valence-electron chi connectivity index (χ4n) is 2.25. The van der Waals surface area contributed by atoms with Gasteiger partial charge >= 0.3 is 0 Å². The molecule has 2 aromatic carbocycles. The van der Waals surface area contributed by atoms with Crippen molar-refractivity contribution in [1.82, 2.24) is 0 Å². The van der Waals surface area contributed by atoms with Gasteiger partial charge in [-0.2, -0.15) is 0 Å². The fourth-order valence-corrected chi connectivity index (χ4v) is 2.62. The van der Waals surface area contributed by atoms with E-state index >= 15 is 0 Å². The highest BCUT2D eigenvalue weighted by molar-refractivity contribution is 9.10. The zero-order chi connectivity index (χ0) is 14.1. The van der Waals surface area contributed by atoms with E-state index in [0.717, 1.165) is 27.3 Å². The van der Waals surface area contributed by atoms with E-state index in [1.54, 1.807) is 7.11 Å². The minimum atomic E-state index is -0.0218. The molecule has 1 aliphatic rings. The topological polar surface area (TPSA) is 41.6 Å². The van der Waals surface area contributed by atoms with Crippen molar-refractivity contribution in [2.45, 2.75) is 0 Å². The van der Waals surface area contributed by atoms with Crippen LogP contribution in [0.5, 0.6) is 5.75 Å². The monoisotopic (exact) mass is 332 g/mol. The zero-order valence-electron chi connectivity index (χ0n) is 10.9. The van der Waals surface area contributed by atoms with Gasteiger partial charge in [-0.15, -0.1) is 0 Å². The first-order valence-electron chi connectivity index (χ1n) is 6.18. The lowest BCUT2D eigenvalue weighted by atomic mass is 10.1. The first kappa shape index (κ1) is 13.0. The van der Waals surface area contributed by atoms with Crippen LogP contribution in [-0.4, -0.2) is 19.6 Å². The van der Waals surface area contributed by atoms with Gasteiger partial charge in [0.25, 0.3) is 0 Å². The maximum absolute atomic E-state index is 11.9. The molecule has 0 fully saturated rings.